The molecule has 0 spiro atoms. The average molecular weight is 592 g/mol. The van der Waals surface area contributed by atoms with E-state index in [0.717, 1.165) is 5.56 Å². The van der Waals surface area contributed by atoms with E-state index >= 15 is 0 Å². The van der Waals surface area contributed by atoms with Gasteiger partial charge in [-0.25, -0.2) is 0 Å². The molecule has 5 atom stereocenters. The van der Waals surface area contributed by atoms with Crippen LogP contribution in [0, 0.1) is 17.8 Å². The van der Waals surface area contributed by atoms with Crippen molar-refractivity contribution >= 4 is 36.0 Å². The molecule has 1 fully saturated rings. The van der Waals surface area contributed by atoms with Gasteiger partial charge in [-0.1, -0.05) is 26.0 Å². The third-order valence-corrected chi connectivity index (χ3v) is 7.80. The fraction of sp³-hybridized carbons (Fsp3) is 0.387. The summed E-state index contributed by atoms with van der Waals surface area (Å²) in [7, 11) is 0. The Morgan fingerprint density at radius 2 is 1.65 bits per heavy atom. The first-order valence-corrected chi connectivity index (χ1v) is 14.1. The van der Waals surface area contributed by atoms with Gasteiger partial charge in [-0.15, -0.1) is 0 Å². The Bertz CT molecular complexity index is 1460. The van der Waals surface area contributed by atoms with Gasteiger partial charge in [0.1, 0.15) is 19.5 Å². The van der Waals surface area contributed by atoms with Crippen LogP contribution in [0.3, 0.4) is 0 Å². The molecule has 2 aromatic carbocycles. The lowest BCUT2D eigenvalue weighted by atomic mass is 9.81. The van der Waals surface area contributed by atoms with E-state index in [9.17, 15) is 24.0 Å². The molecule has 226 valence electrons. The molecule has 43 heavy (non-hydrogen) atoms. The first-order chi connectivity index (χ1) is 20.7. The first-order valence-electron chi connectivity index (χ1n) is 14.1. The van der Waals surface area contributed by atoms with Crippen molar-refractivity contribution in [2.45, 2.75) is 38.8 Å². The van der Waals surface area contributed by atoms with E-state index in [1.165, 1.54) is 6.08 Å². The summed E-state index contributed by atoms with van der Waals surface area (Å²) >= 11 is 0. The van der Waals surface area contributed by atoms with Crippen molar-refractivity contribution < 1.29 is 42.9 Å². The van der Waals surface area contributed by atoms with Crippen LogP contribution in [0.1, 0.15) is 43.9 Å². The summed E-state index contributed by atoms with van der Waals surface area (Å²) in [5.41, 5.74) is 1.32. The number of ether oxygens (including phenoxy) is 4. The van der Waals surface area contributed by atoms with Crippen molar-refractivity contribution in [3.63, 3.8) is 0 Å². The summed E-state index contributed by atoms with van der Waals surface area (Å²) in [5.74, 6) is -1.52. The molecular formula is C31H33N3O9. The number of rotatable bonds is 11. The van der Waals surface area contributed by atoms with E-state index in [-0.39, 0.29) is 19.6 Å². The summed E-state index contributed by atoms with van der Waals surface area (Å²) in [5, 5.41) is 8.08. The lowest BCUT2D eigenvalue weighted by Gasteiger charge is -2.30. The number of nitrogens with one attached hydrogen (secondary N) is 3. The summed E-state index contributed by atoms with van der Waals surface area (Å²) in [6.07, 6.45) is 3.58. The summed E-state index contributed by atoms with van der Waals surface area (Å²) in [4.78, 5) is 62.7. The Balaban J connectivity index is 1.35. The van der Waals surface area contributed by atoms with E-state index in [0.29, 0.717) is 48.1 Å². The van der Waals surface area contributed by atoms with Crippen molar-refractivity contribution in [2.75, 3.05) is 20.0 Å². The lowest BCUT2D eigenvalue weighted by molar-refractivity contribution is -0.127. The van der Waals surface area contributed by atoms with Crippen LogP contribution in [-0.2, 0) is 24.0 Å². The minimum absolute atomic E-state index is 0.0859. The minimum atomic E-state index is -0.835. The molecule has 0 saturated carbocycles. The Kier molecular flexibility index (Phi) is 8.93. The molecule has 12 heteroatoms. The monoisotopic (exact) mass is 591 g/mol. The molecule has 3 heterocycles. The van der Waals surface area contributed by atoms with Crippen molar-refractivity contribution in [3.05, 3.63) is 53.6 Å². The van der Waals surface area contributed by atoms with Gasteiger partial charge in [0.2, 0.25) is 30.4 Å². The molecule has 2 aromatic rings. The molecule has 1 saturated heterocycles. The SMILES string of the molecule is CC(CC=O)[C@H](NC(=O)CC(NC(=O)/C=C/c1ccc2c(c1)OCO2)c1ccc2c(c1)OCCO2)[C@@H]1C(=O)NC(=O)[C@H]1C. The summed E-state index contributed by atoms with van der Waals surface area (Å²) < 4.78 is 22.0. The quantitative estimate of drug-likeness (QED) is 0.202. The smallest absolute Gasteiger partial charge is 0.244 e. The number of hydrogen-bond donors (Lipinski definition) is 3. The molecule has 4 amide bonds. The number of aldehydes is 1. The number of fused-ring (bicyclic) bond motifs is 2. The zero-order valence-corrected chi connectivity index (χ0v) is 23.8. The Hall–Kier alpha value is -4.87. The third-order valence-electron chi connectivity index (χ3n) is 7.80. The molecule has 0 aromatic heterocycles. The van der Waals surface area contributed by atoms with E-state index in [1.807, 2.05) is 0 Å². The second-order valence-electron chi connectivity index (χ2n) is 10.8. The van der Waals surface area contributed by atoms with Gasteiger partial charge in [0.05, 0.1) is 18.4 Å². The van der Waals surface area contributed by atoms with Crippen LogP contribution < -0.4 is 34.9 Å². The molecule has 5 rings (SSSR count). The van der Waals surface area contributed by atoms with Crippen LogP contribution in [0.15, 0.2) is 42.5 Å². The number of hydrogen-bond acceptors (Lipinski definition) is 9. The van der Waals surface area contributed by atoms with Gasteiger partial charge in [-0.2, -0.15) is 0 Å². The molecule has 3 aliphatic heterocycles. The molecular weight excluding hydrogens is 558 g/mol. The maximum Gasteiger partial charge on any atom is 0.244 e. The highest BCUT2D eigenvalue weighted by molar-refractivity contribution is 6.05. The van der Waals surface area contributed by atoms with Crippen LogP contribution in [0.2, 0.25) is 0 Å². The maximum absolute atomic E-state index is 13.5. The Labute approximate surface area is 248 Å². The fourth-order valence-corrected chi connectivity index (χ4v) is 5.43. The van der Waals surface area contributed by atoms with Crippen molar-refractivity contribution in [1.82, 2.24) is 16.0 Å². The molecule has 0 bridgehead atoms. The molecule has 2 unspecified atom stereocenters. The zero-order valence-electron chi connectivity index (χ0n) is 23.8. The number of benzene rings is 2. The van der Waals surface area contributed by atoms with Gasteiger partial charge in [0.15, 0.2) is 23.0 Å². The third kappa shape index (κ3) is 6.79. The van der Waals surface area contributed by atoms with E-state index < -0.39 is 53.5 Å². The molecule has 12 nitrogen and oxygen atoms in total. The van der Waals surface area contributed by atoms with Crippen LogP contribution in [-0.4, -0.2) is 56.0 Å². The van der Waals surface area contributed by atoms with E-state index in [1.54, 1.807) is 56.3 Å². The minimum Gasteiger partial charge on any atom is -0.486 e. The highest BCUT2D eigenvalue weighted by Crippen LogP contribution is 2.35. The summed E-state index contributed by atoms with van der Waals surface area (Å²) in [6.45, 7) is 4.27. The standard InChI is InChI=1S/C31H33N3O9/c1-17(9-10-35)29(28-18(2)30(38)34-31(28)39)33-27(37)15-21(20-5-7-22-25(14-20)41-12-11-40-22)32-26(36)8-4-19-3-6-23-24(13-19)43-16-42-23/h3-8,10,13-14,17-18,21,28-29H,9,11-12,15-16H2,1-2H3,(H,32,36)(H,33,37)(H,34,38,39)/b8-4+/t17?,18-,21?,28+,29-/m0/s1. The van der Waals surface area contributed by atoms with E-state index in [4.69, 9.17) is 18.9 Å². The number of carbonyl (C=O) groups is 5. The van der Waals surface area contributed by atoms with Crippen LogP contribution in [0.5, 0.6) is 23.0 Å². The lowest BCUT2D eigenvalue weighted by Crippen LogP contribution is -2.49. The first kappa shape index (κ1) is 29.6. The van der Waals surface area contributed by atoms with Crippen molar-refractivity contribution in [3.8, 4) is 23.0 Å². The van der Waals surface area contributed by atoms with Crippen LogP contribution in [0.4, 0.5) is 0 Å². The average Bonchev–Trinajstić information content (AvgIpc) is 3.56. The van der Waals surface area contributed by atoms with Crippen LogP contribution in [0.25, 0.3) is 6.08 Å². The number of carbonyl (C=O) groups excluding carboxylic acids is 5. The summed E-state index contributed by atoms with van der Waals surface area (Å²) in [6, 6.07) is 8.90. The predicted molar refractivity (Wildman–Crippen MR) is 152 cm³/mol. The predicted octanol–water partition coefficient (Wildman–Crippen LogP) is 2.07. The molecule has 3 N–H and O–H groups in total. The largest absolute Gasteiger partial charge is 0.486 e. The van der Waals surface area contributed by atoms with Crippen molar-refractivity contribution in [2.24, 2.45) is 17.8 Å². The van der Waals surface area contributed by atoms with E-state index in [2.05, 4.69) is 16.0 Å². The highest BCUT2D eigenvalue weighted by atomic mass is 16.7. The normalized spacial score (nSPS) is 20.7. The Morgan fingerprint density at radius 1 is 0.953 bits per heavy atom. The van der Waals surface area contributed by atoms with Crippen LogP contribution >= 0.6 is 0 Å². The van der Waals surface area contributed by atoms with Gasteiger partial charge in [-0.3, -0.25) is 24.5 Å². The fourth-order valence-electron chi connectivity index (χ4n) is 5.43. The second-order valence-corrected chi connectivity index (χ2v) is 10.8. The van der Waals surface area contributed by atoms with Gasteiger partial charge >= 0.3 is 0 Å². The topological polar surface area (TPSA) is 158 Å². The Morgan fingerprint density at radius 3 is 2.40 bits per heavy atom. The molecule has 0 aliphatic carbocycles. The highest BCUT2D eigenvalue weighted by Gasteiger charge is 2.45. The zero-order chi connectivity index (χ0) is 30.5. The van der Waals surface area contributed by atoms with Crippen molar-refractivity contribution in [1.29, 1.82) is 0 Å². The number of imide groups is 1. The van der Waals surface area contributed by atoms with Gasteiger partial charge < -0.3 is 34.4 Å². The number of amides is 4. The molecule has 0 radical (unpaired) electrons. The van der Waals surface area contributed by atoms with Gasteiger partial charge in [0, 0.05) is 24.5 Å². The second kappa shape index (κ2) is 13.0. The maximum atomic E-state index is 13.5. The molecule has 3 aliphatic rings. The van der Waals surface area contributed by atoms with Gasteiger partial charge in [-0.05, 0) is 47.4 Å². The van der Waals surface area contributed by atoms with Gasteiger partial charge in [0.25, 0.3) is 0 Å².